The summed E-state index contributed by atoms with van der Waals surface area (Å²) in [7, 11) is 2.00. The summed E-state index contributed by atoms with van der Waals surface area (Å²) in [5.74, 6) is 1.51. The lowest BCUT2D eigenvalue weighted by atomic mass is 9.88. The van der Waals surface area contributed by atoms with Gasteiger partial charge in [-0.2, -0.15) is 5.10 Å². The van der Waals surface area contributed by atoms with E-state index in [1.54, 1.807) is 0 Å². The number of anilines is 1. The summed E-state index contributed by atoms with van der Waals surface area (Å²) in [5, 5.41) is 8.17. The molecular formula is C15H26N4. The van der Waals surface area contributed by atoms with Crippen LogP contribution in [0.15, 0.2) is 12.4 Å². The van der Waals surface area contributed by atoms with Crippen LogP contribution >= 0.6 is 0 Å². The third-order valence-electron chi connectivity index (χ3n) is 4.89. The Kier molecular flexibility index (Phi) is 3.08. The molecule has 4 nitrogen and oxygen atoms in total. The molecular weight excluding hydrogens is 236 g/mol. The van der Waals surface area contributed by atoms with Crippen LogP contribution in [-0.4, -0.2) is 34.5 Å². The number of piperazine rings is 1. The van der Waals surface area contributed by atoms with E-state index in [1.165, 1.54) is 18.5 Å². The van der Waals surface area contributed by atoms with Crippen molar-refractivity contribution >= 4 is 5.69 Å². The predicted octanol–water partition coefficient (Wildman–Crippen LogP) is 2.02. The number of hydrogen-bond acceptors (Lipinski definition) is 3. The molecule has 1 aromatic heterocycles. The number of nitrogens with zero attached hydrogens (tertiary/aromatic N) is 3. The molecule has 2 unspecified atom stereocenters. The van der Waals surface area contributed by atoms with E-state index in [9.17, 15) is 0 Å². The van der Waals surface area contributed by atoms with Gasteiger partial charge in [0.05, 0.1) is 11.9 Å². The Labute approximate surface area is 116 Å². The van der Waals surface area contributed by atoms with Crippen LogP contribution in [-0.2, 0) is 7.05 Å². The van der Waals surface area contributed by atoms with Gasteiger partial charge in [0.1, 0.15) is 0 Å². The van der Waals surface area contributed by atoms with Gasteiger partial charge in [-0.15, -0.1) is 0 Å². The Hall–Kier alpha value is -1.03. The van der Waals surface area contributed by atoms with Crippen molar-refractivity contribution in [3.63, 3.8) is 0 Å². The lowest BCUT2D eigenvalue weighted by molar-refractivity contribution is 0.233. The zero-order chi connectivity index (χ0) is 13.6. The summed E-state index contributed by atoms with van der Waals surface area (Å²) in [6, 6.07) is 0.566. The van der Waals surface area contributed by atoms with E-state index in [0.717, 1.165) is 19.0 Å². The second-order valence-corrected chi connectivity index (χ2v) is 6.88. The molecule has 1 aliphatic heterocycles. The van der Waals surface area contributed by atoms with Gasteiger partial charge < -0.3 is 10.2 Å². The van der Waals surface area contributed by atoms with Crippen LogP contribution in [0.1, 0.15) is 33.6 Å². The van der Waals surface area contributed by atoms with Crippen LogP contribution in [0.25, 0.3) is 0 Å². The molecule has 1 N–H and O–H groups in total. The molecule has 2 atom stereocenters. The molecule has 1 aromatic rings. The molecule has 0 amide bonds. The van der Waals surface area contributed by atoms with Crippen molar-refractivity contribution in [2.45, 2.75) is 45.2 Å². The number of aryl methyl sites for hydroxylation is 1. The Bertz CT molecular complexity index is 449. The molecule has 4 heteroatoms. The maximum Gasteiger partial charge on any atom is 0.0756 e. The molecule has 0 spiro atoms. The smallest absolute Gasteiger partial charge is 0.0756 e. The summed E-state index contributed by atoms with van der Waals surface area (Å²) in [6.07, 6.45) is 6.93. The first-order valence-electron chi connectivity index (χ1n) is 7.50. The van der Waals surface area contributed by atoms with E-state index >= 15 is 0 Å². The first-order valence-corrected chi connectivity index (χ1v) is 7.50. The molecule has 0 bridgehead atoms. The minimum Gasteiger partial charge on any atom is -0.363 e. The predicted molar refractivity (Wildman–Crippen MR) is 78.3 cm³/mol. The van der Waals surface area contributed by atoms with Crippen molar-refractivity contribution in [3.8, 4) is 0 Å². The Morgan fingerprint density at radius 3 is 2.68 bits per heavy atom. The minimum atomic E-state index is 0.279. The summed E-state index contributed by atoms with van der Waals surface area (Å²) < 4.78 is 1.91. The number of hydrogen-bond donors (Lipinski definition) is 1. The van der Waals surface area contributed by atoms with Crippen molar-refractivity contribution in [1.29, 1.82) is 0 Å². The maximum absolute atomic E-state index is 4.35. The summed E-state index contributed by atoms with van der Waals surface area (Å²) in [6.45, 7) is 9.21. The minimum absolute atomic E-state index is 0.279. The number of nitrogens with one attached hydrogen (secondary N) is 1. The van der Waals surface area contributed by atoms with Crippen LogP contribution in [0.5, 0.6) is 0 Å². The van der Waals surface area contributed by atoms with E-state index in [4.69, 9.17) is 0 Å². The summed E-state index contributed by atoms with van der Waals surface area (Å²) in [4.78, 5) is 2.58. The van der Waals surface area contributed by atoms with Crippen molar-refractivity contribution in [2.24, 2.45) is 18.9 Å². The van der Waals surface area contributed by atoms with Crippen molar-refractivity contribution in [1.82, 2.24) is 15.1 Å². The molecule has 19 heavy (non-hydrogen) atoms. The highest BCUT2D eigenvalue weighted by molar-refractivity contribution is 5.46. The summed E-state index contributed by atoms with van der Waals surface area (Å²) in [5.41, 5.74) is 1.55. The van der Waals surface area contributed by atoms with Crippen LogP contribution in [0, 0.1) is 11.8 Å². The van der Waals surface area contributed by atoms with E-state index in [-0.39, 0.29) is 5.54 Å². The molecule has 2 aliphatic rings. The van der Waals surface area contributed by atoms with Crippen LogP contribution in [0.3, 0.4) is 0 Å². The molecule has 2 heterocycles. The largest absolute Gasteiger partial charge is 0.363 e. The third-order valence-corrected chi connectivity index (χ3v) is 4.89. The number of aromatic nitrogens is 2. The van der Waals surface area contributed by atoms with Gasteiger partial charge >= 0.3 is 0 Å². The Morgan fingerprint density at radius 1 is 1.42 bits per heavy atom. The highest BCUT2D eigenvalue weighted by atomic mass is 15.3. The number of rotatable bonds is 3. The van der Waals surface area contributed by atoms with Gasteiger partial charge in [-0.05, 0) is 31.6 Å². The van der Waals surface area contributed by atoms with Gasteiger partial charge in [-0.25, -0.2) is 0 Å². The van der Waals surface area contributed by atoms with Gasteiger partial charge in [-0.3, -0.25) is 4.68 Å². The lowest BCUT2D eigenvalue weighted by Crippen LogP contribution is -2.65. The fourth-order valence-corrected chi connectivity index (χ4v) is 3.40. The zero-order valence-corrected chi connectivity index (χ0v) is 12.6. The normalized spacial score (nSPS) is 32.1. The molecule has 2 fully saturated rings. The van der Waals surface area contributed by atoms with Crippen molar-refractivity contribution < 1.29 is 0 Å². The van der Waals surface area contributed by atoms with E-state index in [1.807, 2.05) is 17.9 Å². The SMILES string of the molecule is CC(C)C1CNC(C)(C2CC2)CN1c1cnn(C)c1. The van der Waals surface area contributed by atoms with Crippen molar-refractivity contribution in [2.75, 3.05) is 18.0 Å². The molecule has 0 aromatic carbocycles. The van der Waals surface area contributed by atoms with Gasteiger partial charge in [-0.1, -0.05) is 13.8 Å². The maximum atomic E-state index is 4.35. The van der Waals surface area contributed by atoms with E-state index in [0.29, 0.717) is 12.0 Å². The van der Waals surface area contributed by atoms with E-state index in [2.05, 4.69) is 42.3 Å². The quantitative estimate of drug-likeness (QED) is 0.905. The Morgan fingerprint density at radius 2 is 2.16 bits per heavy atom. The van der Waals surface area contributed by atoms with Crippen LogP contribution < -0.4 is 10.2 Å². The average Bonchev–Trinajstić information content (AvgIpc) is 3.13. The molecule has 1 saturated heterocycles. The van der Waals surface area contributed by atoms with Crippen molar-refractivity contribution in [3.05, 3.63) is 12.4 Å². The second kappa shape index (κ2) is 4.51. The third kappa shape index (κ3) is 2.38. The van der Waals surface area contributed by atoms with Gasteiger partial charge in [0.25, 0.3) is 0 Å². The molecule has 3 rings (SSSR count). The molecule has 106 valence electrons. The Balaban J connectivity index is 1.86. The van der Waals surface area contributed by atoms with Crippen LogP contribution in [0.2, 0.25) is 0 Å². The first-order chi connectivity index (χ1) is 8.99. The second-order valence-electron chi connectivity index (χ2n) is 6.88. The van der Waals surface area contributed by atoms with Gasteiger partial charge in [0.2, 0.25) is 0 Å². The van der Waals surface area contributed by atoms with E-state index < -0.39 is 0 Å². The average molecular weight is 262 g/mol. The fourth-order valence-electron chi connectivity index (χ4n) is 3.40. The standard InChI is InChI=1S/C15H26N4/c1-11(2)14-8-16-15(3,12-5-6-12)10-19(14)13-7-17-18(4)9-13/h7,9,11-12,14,16H,5-6,8,10H2,1-4H3. The fraction of sp³-hybridized carbons (Fsp3) is 0.800. The molecule has 0 radical (unpaired) electrons. The highest BCUT2D eigenvalue weighted by Crippen LogP contribution is 2.42. The molecule has 1 saturated carbocycles. The monoisotopic (exact) mass is 262 g/mol. The van der Waals surface area contributed by atoms with Gasteiger partial charge in [0.15, 0.2) is 0 Å². The highest BCUT2D eigenvalue weighted by Gasteiger charge is 2.46. The summed E-state index contributed by atoms with van der Waals surface area (Å²) >= 11 is 0. The topological polar surface area (TPSA) is 33.1 Å². The van der Waals surface area contributed by atoms with Crippen LogP contribution in [0.4, 0.5) is 5.69 Å². The lowest BCUT2D eigenvalue weighted by Gasteiger charge is -2.48. The zero-order valence-electron chi connectivity index (χ0n) is 12.6. The first kappa shape index (κ1) is 13.0. The van der Waals surface area contributed by atoms with Gasteiger partial charge in [0, 0.05) is 37.9 Å². The molecule has 1 aliphatic carbocycles.